The van der Waals surface area contributed by atoms with Crippen molar-refractivity contribution in [2.45, 2.75) is 12.5 Å². The van der Waals surface area contributed by atoms with E-state index in [2.05, 4.69) is 65.2 Å². The normalized spacial score (nSPS) is 18.8. The number of benzene rings is 2. The Bertz CT molecular complexity index is 502. The molecule has 1 aliphatic rings. The molecule has 0 aliphatic carbocycles. The summed E-state index contributed by atoms with van der Waals surface area (Å²) < 4.78 is 0. The van der Waals surface area contributed by atoms with Crippen LogP contribution in [0.4, 0.5) is 5.69 Å². The van der Waals surface area contributed by atoms with E-state index in [1.54, 1.807) is 0 Å². The highest BCUT2D eigenvalue weighted by molar-refractivity contribution is 5.77. The summed E-state index contributed by atoms with van der Waals surface area (Å²) in [5, 5.41) is 7.03. The van der Waals surface area contributed by atoms with Crippen molar-refractivity contribution in [3.05, 3.63) is 54.6 Å². The minimum absolute atomic E-state index is 0.551. The average Bonchev–Trinajstić information content (AvgIpc) is 2.93. The number of para-hydroxylation sites is 1. The first-order chi connectivity index (χ1) is 8.93. The molecule has 1 saturated heterocycles. The standard InChI is InChI=1S/C16H18N2/c1-2-6-13(7-3-1)15-8-4-5-9-16(15)18-14-10-11-17-12-14/h1-9,14,17-18H,10-12H2/t14-/m0/s1. The highest BCUT2D eigenvalue weighted by Crippen LogP contribution is 2.28. The molecule has 2 heteroatoms. The second kappa shape index (κ2) is 5.23. The van der Waals surface area contributed by atoms with E-state index in [1.165, 1.54) is 23.2 Å². The van der Waals surface area contributed by atoms with Crippen LogP contribution in [0, 0.1) is 0 Å². The second-order valence-corrected chi connectivity index (χ2v) is 4.75. The summed E-state index contributed by atoms with van der Waals surface area (Å²) in [7, 11) is 0. The van der Waals surface area contributed by atoms with Crippen LogP contribution in [0.3, 0.4) is 0 Å². The molecule has 0 aromatic heterocycles. The van der Waals surface area contributed by atoms with Crippen LogP contribution in [0.1, 0.15) is 6.42 Å². The summed E-state index contributed by atoms with van der Waals surface area (Å²) in [4.78, 5) is 0. The molecule has 2 aromatic carbocycles. The molecular weight excluding hydrogens is 220 g/mol. The molecule has 0 saturated carbocycles. The van der Waals surface area contributed by atoms with Crippen molar-refractivity contribution < 1.29 is 0 Å². The van der Waals surface area contributed by atoms with Gasteiger partial charge in [-0.05, 0) is 24.6 Å². The fourth-order valence-electron chi connectivity index (χ4n) is 2.48. The van der Waals surface area contributed by atoms with Crippen LogP contribution in [-0.4, -0.2) is 19.1 Å². The number of rotatable bonds is 3. The third-order valence-corrected chi connectivity index (χ3v) is 3.43. The number of hydrogen-bond acceptors (Lipinski definition) is 2. The Morgan fingerprint density at radius 3 is 2.50 bits per heavy atom. The van der Waals surface area contributed by atoms with Gasteiger partial charge in [0.05, 0.1) is 0 Å². The predicted molar refractivity (Wildman–Crippen MR) is 76.8 cm³/mol. The van der Waals surface area contributed by atoms with E-state index < -0.39 is 0 Å². The summed E-state index contributed by atoms with van der Waals surface area (Å²) >= 11 is 0. The Morgan fingerprint density at radius 1 is 0.944 bits per heavy atom. The van der Waals surface area contributed by atoms with E-state index in [0.29, 0.717) is 6.04 Å². The summed E-state index contributed by atoms with van der Waals surface area (Å²) in [5.41, 5.74) is 3.79. The van der Waals surface area contributed by atoms with Gasteiger partial charge in [-0.1, -0.05) is 48.5 Å². The molecule has 0 bridgehead atoms. The van der Waals surface area contributed by atoms with Gasteiger partial charge in [-0.3, -0.25) is 0 Å². The molecule has 2 nitrogen and oxygen atoms in total. The third-order valence-electron chi connectivity index (χ3n) is 3.43. The molecule has 1 atom stereocenters. The number of hydrogen-bond donors (Lipinski definition) is 2. The molecule has 1 fully saturated rings. The van der Waals surface area contributed by atoms with E-state index in [9.17, 15) is 0 Å². The van der Waals surface area contributed by atoms with Gasteiger partial charge in [0.25, 0.3) is 0 Å². The first-order valence-corrected chi connectivity index (χ1v) is 6.55. The fourth-order valence-corrected chi connectivity index (χ4v) is 2.48. The van der Waals surface area contributed by atoms with Gasteiger partial charge >= 0.3 is 0 Å². The van der Waals surface area contributed by atoms with Crippen LogP contribution in [0.15, 0.2) is 54.6 Å². The highest BCUT2D eigenvalue weighted by Gasteiger charge is 2.15. The zero-order valence-corrected chi connectivity index (χ0v) is 10.4. The highest BCUT2D eigenvalue weighted by atomic mass is 15.0. The van der Waals surface area contributed by atoms with Crippen molar-refractivity contribution in [2.24, 2.45) is 0 Å². The van der Waals surface area contributed by atoms with Crippen LogP contribution in [0.25, 0.3) is 11.1 Å². The van der Waals surface area contributed by atoms with E-state index >= 15 is 0 Å². The van der Waals surface area contributed by atoms with Crippen molar-refractivity contribution in [1.29, 1.82) is 0 Å². The van der Waals surface area contributed by atoms with Crippen LogP contribution >= 0.6 is 0 Å². The lowest BCUT2D eigenvalue weighted by Gasteiger charge is -2.16. The van der Waals surface area contributed by atoms with Gasteiger partial charge in [-0.2, -0.15) is 0 Å². The molecule has 1 aliphatic heterocycles. The summed E-state index contributed by atoms with van der Waals surface area (Å²) in [5.74, 6) is 0. The molecule has 2 N–H and O–H groups in total. The maximum atomic E-state index is 3.65. The zero-order chi connectivity index (χ0) is 12.2. The minimum atomic E-state index is 0.551. The van der Waals surface area contributed by atoms with Crippen molar-refractivity contribution >= 4 is 5.69 Å². The van der Waals surface area contributed by atoms with Gasteiger partial charge < -0.3 is 10.6 Å². The molecule has 1 heterocycles. The molecule has 2 aromatic rings. The number of anilines is 1. The molecule has 18 heavy (non-hydrogen) atoms. The summed E-state index contributed by atoms with van der Waals surface area (Å²) in [6.07, 6.45) is 1.20. The van der Waals surface area contributed by atoms with Gasteiger partial charge in [0, 0.05) is 23.8 Å². The first kappa shape index (κ1) is 11.3. The van der Waals surface area contributed by atoms with E-state index in [-0.39, 0.29) is 0 Å². The Labute approximate surface area is 108 Å². The average molecular weight is 238 g/mol. The zero-order valence-electron chi connectivity index (χ0n) is 10.4. The van der Waals surface area contributed by atoms with Gasteiger partial charge in [0.2, 0.25) is 0 Å². The van der Waals surface area contributed by atoms with Crippen LogP contribution in [0.5, 0.6) is 0 Å². The van der Waals surface area contributed by atoms with Crippen molar-refractivity contribution in [1.82, 2.24) is 5.32 Å². The van der Waals surface area contributed by atoms with Gasteiger partial charge in [-0.15, -0.1) is 0 Å². The lowest BCUT2D eigenvalue weighted by atomic mass is 10.0. The number of nitrogens with one attached hydrogen (secondary N) is 2. The Hall–Kier alpha value is -1.80. The van der Waals surface area contributed by atoms with Crippen molar-refractivity contribution in [2.75, 3.05) is 18.4 Å². The molecule has 0 spiro atoms. The smallest absolute Gasteiger partial charge is 0.0422 e. The lowest BCUT2D eigenvalue weighted by molar-refractivity contribution is 0.794. The Balaban J connectivity index is 1.90. The maximum absolute atomic E-state index is 3.65. The molecule has 0 radical (unpaired) electrons. The topological polar surface area (TPSA) is 24.1 Å². The molecule has 92 valence electrons. The predicted octanol–water partition coefficient (Wildman–Crippen LogP) is 3.13. The Morgan fingerprint density at radius 2 is 1.72 bits per heavy atom. The lowest BCUT2D eigenvalue weighted by Crippen LogP contribution is -2.22. The van der Waals surface area contributed by atoms with Crippen LogP contribution in [0.2, 0.25) is 0 Å². The maximum Gasteiger partial charge on any atom is 0.0422 e. The van der Waals surface area contributed by atoms with Crippen LogP contribution in [-0.2, 0) is 0 Å². The largest absolute Gasteiger partial charge is 0.380 e. The van der Waals surface area contributed by atoms with E-state index in [1.807, 2.05) is 0 Å². The van der Waals surface area contributed by atoms with Crippen LogP contribution < -0.4 is 10.6 Å². The minimum Gasteiger partial charge on any atom is -0.380 e. The van der Waals surface area contributed by atoms with Gasteiger partial charge in [0.15, 0.2) is 0 Å². The van der Waals surface area contributed by atoms with E-state index in [4.69, 9.17) is 0 Å². The SMILES string of the molecule is c1ccc(-c2ccccc2N[C@H]2CCNC2)cc1. The first-order valence-electron chi connectivity index (χ1n) is 6.55. The van der Waals surface area contributed by atoms with Gasteiger partial charge in [-0.25, -0.2) is 0 Å². The van der Waals surface area contributed by atoms with Crippen molar-refractivity contribution in [3.8, 4) is 11.1 Å². The van der Waals surface area contributed by atoms with Crippen molar-refractivity contribution in [3.63, 3.8) is 0 Å². The molecular formula is C16H18N2. The quantitative estimate of drug-likeness (QED) is 0.858. The third kappa shape index (κ3) is 2.39. The second-order valence-electron chi connectivity index (χ2n) is 4.75. The summed E-state index contributed by atoms with van der Waals surface area (Å²) in [6.45, 7) is 2.17. The molecule has 0 unspecified atom stereocenters. The monoisotopic (exact) mass is 238 g/mol. The van der Waals surface area contributed by atoms with Gasteiger partial charge in [0.1, 0.15) is 0 Å². The Kier molecular flexibility index (Phi) is 3.29. The fraction of sp³-hybridized carbons (Fsp3) is 0.250. The summed E-state index contributed by atoms with van der Waals surface area (Å²) in [6, 6.07) is 19.6. The van der Waals surface area contributed by atoms with E-state index in [0.717, 1.165) is 13.1 Å². The molecule has 0 amide bonds. The molecule has 3 rings (SSSR count).